The van der Waals surface area contributed by atoms with E-state index in [1.54, 1.807) is 7.11 Å². The van der Waals surface area contributed by atoms with Crippen LogP contribution in [0.25, 0.3) is 44.6 Å². The van der Waals surface area contributed by atoms with Gasteiger partial charge in [-0.2, -0.15) is 4.57 Å². The van der Waals surface area contributed by atoms with Gasteiger partial charge in [-0.1, -0.05) is 12.1 Å². The van der Waals surface area contributed by atoms with Gasteiger partial charge in [0.15, 0.2) is 41.3 Å². The van der Waals surface area contributed by atoms with Gasteiger partial charge >= 0.3 is 0 Å². The molecule has 0 spiro atoms. The molecular weight excluding hydrogens is 612 g/mol. The van der Waals surface area contributed by atoms with Crippen LogP contribution in [0.15, 0.2) is 89.5 Å². The predicted octanol–water partition coefficient (Wildman–Crippen LogP) is 3.36. The monoisotopic (exact) mass is 638 g/mol. The molecule has 0 saturated carbocycles. The first-order chi connectivity index (χ1) is 20.7. The molecule has 9 heteroatoms. The van der Waals surface area contributed by atoms with Crippen molar-refractivity contribution < 1.29 is 49.7 Å². The first-order valence-electron chi connectivity index (χ1n) is 13.9. The zero-order valence-corrected chi connectivity index (χ0v) is 24.9. The van der Waals surface area contributed by atoms with Crippen LogP contribution < -0.4 is 45.2 Å². The van der Waals surface area contributed by atoms with Gasteiger partial charge in [0.05, 0.1) is 18.1 Å². The number of pyridine rings is 1. The SMILES string of the molecule is COc1ccc2cc3[n+](cc2c1OCCOc1ccc(-c2nc4ccccc4o2)cc1)CCc1cc2c(cc1-3)OCO2.[Br-]. The van der Waals surface area contributed by atoms with E-state index in [2.05, 4.69) is 40.0 Å². The Labute approximate surface area is 258 Å². The molecule has 8 rings (SSSR count). The molecule has 2 aliphatic heterocycles. The van der Waals surface area contributed by atoms with Crippen LogP contribution in [0.1, 0.15) is 5.56 Å². The molecule has 216 valence electrons. The summed E-state index contributed by atoms with van der Waals surface area (Å²) < 4.78 is 37.3. The Kier molecular flexibility index (Phi) is 7.02. The number of aromatic nitrogens is 2. The molecule has 0 N–H and O–H groups in total. The summed E-state index contributed by atoms with van der Waals surface area (Å²) in [6.07, 6.45) is 3.07. The minimum Gasteiger partial charge on any atom is -1.00 e. The summed E-state index contributed by atoms with van der Waals surface area (Å²) in [5.41, 5.74) is 6.08. The highest BCUT2D eigenvalue weighted by atomic mass is 79.9. The molecule has 0 unspecified atom stereocenters. The molecule has 2 aromatic heterocycles. The number of para-hydroxylation sites is 2. The summed E-state index contributed by atoms with van der Waals surface area (Å²) >= 11 is 0. The lowest BCUT2D eigenvalue weighted by molar-refractivity contribution is -0.686. The quantitative estimate of drug-likeness (QED) is 0.196. The number of fused-ring (bicyclic) bond motifs is 6. The third-order valence-corrected chi connectivity index (χ3v) is 7.79. The smallest absolute Gasteiger partial charge is 0.231 e. The molecule has 0 saturated heterocycles. The zero-order valence-electron chi connectivity index (χ0n) is 23.3. The Balaban J connectivity index is 0.00000300. The molecule has 8 nitrogen and oxygen atoms in total. The molecule has 4 aromatic carbocycles. The molecule has 0 fully saturated rings. The van der Waals surface area contributed by atoms with Crippen molar-refractivity contribution in [2.45, 2.75) is 13.0 Å². The van der Waals surface area contributed by atoms with E-state index >= 15 is 0 Å². The molecule has 2 aliphatic rings. The van der Waals surface area contributed by atoms with Gasteiger partial charge in [-0.25, -0.2) is 4.98 Å². The third-order valence-electron chi connectivity index (χ3n) is 7.79. The van der Waals surface area contributed by atoms with E-state index in [0.29, 0.717) is 30.6 Å². The fourth-order valence-electron chi connectivity index (χ4n) is 5.70. The molecular formula is C34H27BrN2O6. The number of oxazole rings is 1. The van der Waals surface area contributed by atoms with Gasteiger partial charge in [0.2, 0.25) is 18.4 Å². The second-order valence-electron chi connectivity index (χ2n) is 10.3. The molecule has 6 aromatic rings. The average Bonchev–Trinajstić information content (AvgIpc) is 3.68. The number of benzene rings is 4. The minimum atomic E-state index is 0. The van der Waals surface area contributed by atoms with E-state index in [9.17, 15) is 0 Å². The van der Waals surface area contributed by atoms with Crippen molar-refractivity contribution in [3.8, 4) is 51.5 Å². The normalized spacial score (nSPS) is 12.9. The highest BCUT2D eigenvalue weighted by Gasteiger charge is 2.28. The number of halogens is 1. The van der Waals surface area contributed by atoms with Crippen LogP contribution in [-0.2, 0) is 13.0 Å². The van der Waals surface area contributed by atoms with E-state index < -0.39 is 0 Å². The van der Waals surface area contributed by atoms with Gasteiger partial charge in [0.25, 0.3) is 0 Å². The maximum Gasteiger partial charge on any atom is 0.231 e. The van der Waals surface area contributed by atoms with Gasteiger partial charge in [-0.05, 0) is 71.6 Å². The van der Waals surface area contributed by atoms with Crippen molar-refractivity contribution in [3.05, 3.63) is 90.6 Å². The highest BCUT2D eigenvalue weighted by molar-refractivity contribution is 5.91. The number of ether oxygens (including phenoxy) is 5. The Hall–Kier alpha value is -4.76. The molecule has 0 atom stereocenters. The predicted molar refractivity (Wildman–Crippen MR) is 156 cm³/mol. The van der Waals surface area contributed by atoms with Crippen LogP contribution in [0.3, 0.4) is 0 Å². The first kappa shape index (κ1) is 27.1. The van der Waals surface area contributed by atoms with Crippen molar-refractivity contribution in [3.63, 3.8) is 0 Å². The number of rotatable bonds is 7. The van der Waals surface area contributed by atoms with Crippen LogP contribution in [0.5, 0.6) is 28.7 Å². The Morgan fingerprint density at radius 3 is 2.53 bits per heavy atom. The molecule has 0 amide bonds. The molecule has 4 heterocycles. The van der Waals surface area contributed by atoms with E-state index in [-0.39, 0.29) is 23.8 Å². The highest BCUT2D eigenvalue weighted by Crippen LogP contribution is 2.41. The second-order valence-corrected chi connectivity index (χ2v) is 10.3. The van der Waals surface area contributed by atoms with Crippen molar-refractivity contribution in [2.24, 2.45) is 0 Å². The van der Waals surface area contributed by atoms with E-state index in [0.717, 1.165) is 63.3 Å². The summed E-state index contributed by atoms with van der Waals surface area (Å²) in [6.45, 7) is 1.86. The van der Waals surface area contributed by atoms with Gasteiger partial charge in [0.1, 0.15) is 24.5 Å². The standard InChI is InChI=1S/C34H27N2O6.BrH/c1-37-30-11-8-22-16-28-25-18-32-31(40-20-41-32)17-23(25)12-13-36(28)19-26(22)33(30)39-15-14-38-24-9-6-21(7-10-24)34-35-27-4-2-3-5-29(27)42-34;/h2-11,16-19H,12-15,20H2,1H3;1H/q+1;/p-1. The fraction of sp³-hybridized carbons (Fsp3) is 0.176. The summed E-state index contributed by atoms with van der Waals surface area (Å²) in [7, 11) is 1.66. The van der Waals surface area contributed by atoms with Crippen molar-refractivity contribution >= 4 is 21.9 Å². The summed E-state index contributed by atoms with van der Waals surface area (Å²) in [5.74, 6) is 4.34. The lowest BCUT2D eigenvalue weighted by atomic mass is 9.95. The maximum absolute atomic E-state index is 6.29. The number of hydrogen-bond donors (Lipinski definition) is 0. The van der Waals surface area contributed by atoms with Crippen LogP contribution in [0.4, 0.5) is 0 Å². The topological polar surface area (TPSA) is 76.1 Å². The summed E-state index contributed by atoms with van der Waals surface area (Å²) in [5, 5.41) is 2.06. The third kappa shape index (κ3) is 4.89. The molecule has 43 heavy (non-hydrogen) atoms. The van der Waals surface area contributed by atoms with Crippen LogP contribution in [-0.4, -0.2) is 32.1 Å². The van der Waals surface area contributed by atoms with E-state index in [1.165, 1.54) is 11.1 Å². The number of methoxy groups -OCH3 is 1. The van der Waals surface area contributed by atoms with Crippen LogP contribution in [0, 0.1) is 0 Å². The molecule has 0 aliphatic carbocycles. The summed E-state index contributed by atoms with van der Waals surface area (Å²) in [4.78, 5) is 4.56. The molecule has 0 bridgehead atoms. The molecule has 0 radical (unpaired) electrons. The van der Waals surface area contributed by atoms with Crippen molar-refractivity contribution in [1.82, 2.24) is 4.98 Å². The lowest BCUT2D eigenvalue weighted by Gasteiger charge is -2.18. The number of aryl methyl sites for hydroxylation is 2. The largest absolute Gasteiger partial charge is 1.00 e. The maximum atomic E-state index is 6.29. The zero-order chi connectivity index (χ0) is 28.0. The van der Waals surface area contributed by atoms with Crippen LogP contribution >= 0.6 is 0 Å². The fourth-order valence-corrected chi connectivity index (χ4v) is 5.70. The van der Waals surface area contributed by atoms with Crippen LogP contribution in [0.2, 0.25) is 0 Å². The number of nitrogens with zero attached hydrogens (tertiary/aromatic N) is 2. The Morgan fingerprint density at radius 2 is 1.70 bits per heavy atom. The van der Waals surface area contributed by atoms with Gasteiger partial charge in [-0.15, -0.1) is 0 Å². The van der Waals surface area contributed by atoms with Gasteiger partial charge in [-0.3, -0.25) is 0 Å². The Morgan fingerprint density at radius 1 is 0.884 bits per heavy atom. The van der Waals surface area contributed by atoms with E-state index in [1.807, 2.05) is 54.6 Å². The first-order valence-corrected chi connectivity index (χ1v) is 13.9. The van der Waals surface area contributed by atoms with E-state index in [4.69, 9.17) is 28.1 Å². The summed E-state index contributed by atoms with van der Waals surface area (Å²) in [6, 6.07) is 25.9. The number of hydrogen-bond acceptors (Lipinski definition) is 7. The van der Waals surface area contributed by atoms with Crippen molar-refractivity contribution in [1.29, 1.82) is 0 Å². The van der Waals surface area contributed by atoms with Gasteiger partial charge < -0.3 is 45.1 Å². The van der Waals surface area contributed by atoms with Gasteiger partial charge in [0, 0.05) is 18.1 Å². The second kappa shape index (κ2) is 11.1. The Bertz CT molecular complexity index is 1940. The minimum absolute atomic E-state index is 0. The lowest BCUT2D eigenvalue weighted by Crippen LogP contribution is -3.00. The van der Waals surface area contributed by atoms with Crippen molar-refractivity contribution in [2.75, 3.05) is 27.1 Å². The average molecular weight is 640 g/mol.